The third kappa shape index (κ3) is 4.57. The van der Waals surface area contributed by atoms with E-state index < -0.39 is 0 Å². The molecule has 1 saturated heterocycles. The van der Waals surface area contributed by atoms with E-state index in [4.69, 9.17) is 9.26 Å². The fourth-order valence-corrected chi connectivity index (χ4v) is 2.26. The second kappa shape index (κ2) is 7.35. The Hall–Kier alpha value is -1.47. The summed E-state index contributed by atoms with van der Waals surface area (Å²) in [6.07, 6.45) is 2.71. The lowest BCUT2D eigenvalue weighted by molar-refractivity contribution is -0.141. The first kappa shape index (κ1) is 14.9. The molecule has 112 valence electrons. The third-order valence-electron chi connectivity index (χ3n) is 3.27. The summed E-state index contributed by atoms with van der Waals surface area (Å²) in [4.78, 5) is 17.6. The van der Waals surface area contributed by atoms with Crippen molar-refractivity contribution in [2.75, 3.05) is 26.8 Å². The number of nitrogens with zero attached hydrogens (tertiary/aromatic N) is 3. The number of rotatable bonds is 7. The monoisotopic (exact) mass is 283 g/mol. The molecule has 1 aliphatic rings. The SMILES string of the molecule is COC(=O)CCN(Cc1nc(C)no1)CC1CCCO1. The highest BCUT2D eigenvalue weighted by Gasteiger charge is 2.21. The standard InChI is InChI=1S/C13H21N3O4/c1-10-14-12(20-15-10)9-16(6-5-13(17)18-2)8-11-4-3-7-19-11/h11H,3-9H2,1-2H3. The molecule has 0 radical (unpaired) electrons. The number of carbonyl (C=O) groups is 1. The molecule has 0 amide bonds. The van der Waals surface area contributed by atoms with Gasteiger partial charge in [0.15, 0.2) is 5.82 Å². The van der Waals surface area contributed by atoms with Gasteiger partial charge in [0.2, 0.25) is 5.89 Å². The zero-order valence-corrected chi connectivity index (χ0v) is 12.0. The minimum atomic E-state index is -0.218. The first-order chi connectivity index (χ1) is 9.67. The van der Waals surface area contributed by atoms with Crippen LogP contribution in [0, 0.1) is 6.92 Å². The molecule has 0 aliphatic carbocycles. The zero-order valence-electron chi connectivity index (χ0n) is 12.0. The highest BCUT2D eigenvalue weighted by molar-refractivity contribution is 5.69. The van der Waals surface area contributed by atoms with Gasteiger partial charge in [0.1, 0.15) is 0 Å². The van der Waals surface area contributed by atoms with Crippen LogP contribution in [0.25, 0.3) is 0 Å². The van der Waals surface area contributed by atoms with Gasteiger partial charge in [0, 0.05) is 19.7 Å². The Morgan fingerprint density at radius 1 is 1.55 bits per heavy atom. The van der Waals surface area contributed by atoms with E-state index in [9.17, 15) is 4.79 Å². The van der Waals surface area contributed by atoms with Gasteiger partial charge in [0.25, 0.3) is 0 Å². The molecule has 0 N–H and O–H groups in total. The van der Waals surface area contributed by atoms with Crippen LogP contribution in [0.3, 0.4) is 0 Å². The fourth-order valence-electron chi connectivity index (χ4n) is 2.26. The summed E-state index contributed by atoms with van der Waals surface area (Å²) in [6.45, 7) is 4.48. The maximum Gasteiger partial charge on any atom is 0.306 e. The van der Waals surface area contributed by atoms with Crippen molar-refractivity contribution in [3.8, 4) is 0 Å². The lowest BCUT2D eigenvalue weighted by atomic mass is 10.2. The number of methoxy groups -OCH3 is 1. The molecule has 1 fully saturated rings. The first-order valence-electron chi connectivity index (χ1n) is 6.87. The molecule has 0 bridgehead atoms. The van der Waals surface area contributed by atoms with Crippen molar-refractivity contribution in [1.82, 2.24) is 15.0 Å². The number of aromatic nitrogens is 2. The van der Waals surface area contributed by atoms with E-state index in [2.05, 4.69) is 19.8 Å². The van der Waals surface area contributed by atoms with Crippen LogP contribution < -0.4 is 0 Å². The first-order valence-corrected chi connectivity index (χ1v) is 6.87. The summed E-state index contributed by atoms with van der Waals surface area (Å²) < 4.78 is 15.4. The van der Waals surface area contributed by atoms with Crippen LogP contribution in [0.15, 0.2) is 4.52 Å². The molecule has 7 heteroatoms. The van der Waals surface area contributed by atoms with Crippen molar-refractivity contribution in [2.24, 2.45) is 0 Å². The predicted molar refractivity (Wildman–Crippen MR) is 69.9 cm³/mol. The van der Waals surface area contributed by atoms with Crippen molar-refractivity contribution in [3.05, 3.63) is 11.7 Å². The lowest BCUT2D eigenvalue weighted by Gasteiger charge is -2.23. The van der Waals surface area contributed by atoms with E-state index in [1.54, 1.807) is 6.92 Å². The highest BCUT2D eigenvalue weighted by atomic mass is 16.5. The van der Waals surface area contributed by atoms with Gasteiger partial charge >= 0.3 is 5.97 Å². The van der Waals surface area contributed by atoms with Crippen LogP contribution in [0.5, 0.6) is 0 Å². The number of hydrogen-bond acceptors (Lipinski definition) is 7. The summed E-state index contributed by atoms with van der Waals surface area (Å²) in [7, 11) is 1.40. The van der Waals surface area contributed by atoms with E-state index in [0.29, 0.717) is 31.2 Å². The van der Waals surface area contributed by atoms with Crippen LogP contribution in [-0.2, 0) is 20.8 Å². The molecule has 0 aromatic carbocycles. The molecule has 1 aliphatic heterocycles. The van der Waals surface area contributed by atoms with Crippen LogP contribution >= 0.6 is 0 Å². The molecule has 1 aromatic heterocycles. The number of aryl methyl sites for hydroxylation is 1. The molecule has 20 heavy (non-hydrogen) atoms. The molecule has 2 heterocycles. The van der Waals surface area contributed by atoms with Crippen molar-refractivity contribution in [1.29, 1.82) is 0 Å². The van der Waals surface area contributed by atoms with E-state index in [-0.39, 0.29) is 12.1 Å². The molecule has 0 saturated carbocycles. The zero-order chi connectivity index (χ0) is 14.4. The van der Waals surface area contributed by atoms with Gasteiger partial charge in [-0.05, 0) is 19.8 Å². The molecular weight excluding hydrogens is 262 g/mol. The normalized spacial score (nSPS) is 18.6. The van der Waals surface area contributed by atoms with Gasteiger partial charge in [-0.2, -0.15) is 4.98 Å². The Morgan fingerprint density at radius 3 is 3.00 bits per heavy atom. The molecule has 1 aromatic rings. The Kier molecular flexibility index (Phi) is 5.49. The average Bonchev–Trinajstić information content (AvgIpc) is 3.07. The molecular formula is C13H21N3O4. The quantitative estimate of drug-likeness (QED) is 0.688. The van der Waals surface area contributed by atoms with Crippen LogP contribution in [0.1, 0.15) is 31.0 Å². The van der Waals surface area contributed by atoms with Gasteiger partial charge in [-0.15, -0.1) is 0 Å². The molecule has 1 unspecified atom stereocenters. The van der Waals surface area contributed by atoms with Crippen molar-refractivity contribution in [2.45, 2.75) is 38.8 Å². The van der Waals surface area contributed by atoms with Gasteiger partial charge in [-0.3, -0.25) is 9.69 Å². The average molecular weight is 283 g/mol. The molecule has 1 atom stereocenters. The van der Waals surface area contributed by atoms with Crippen molar-refractivity contribution >= 4 is 5.97 Å². The molecule has 2 rings (SSSR count). The van der Waals surface area contributed by atoms with Crippen LogP contribution in [0.4, 0.5) is 0 Å². The van der Waals surface area contributed by atoms with Crippen LogP contribution in [-0.4, -0.2) is 53.9 Å². The number of hydrogen-bond donors (Lipinski definition) is 0. The minimum Gasteiger partial charge on any atom is -0.469 e. The van der Waals surface area contributed by atoms with Crippen molar-refractivity contribution < 1.29 is 18.8 Å². The molecule has 0 spiro atoms. The minimum absolute atomic E-state index is 0.218. The van der Waals surface area contributed by atoms with Gasteiger partial charge < -0.3 is 14.0 Å². The van der Waals surface area contributed by atoms with E-state index in [1.165, 1.54) is 7.11 Å². The number of carbonyl (C=O) groups excluding carboxylic acids is 1. The summed E-state index contributed by atoms with van der Waals surface area (Å²) in [5.41, 5.74) is 0. The third-order valence-corrected chi connectivity index (χ3v) is 3.27. The second-order valence-electron chi connectivity index (χ2n) is 4.93. The second-order valence-corrected chi connectivity index (χ2v) is 4.93. The van der Waals surface area contributed by atoms with Crippen LogP contribution in [0.2, 0.25) is 0 Å². The maximum atomic E-state index is 11.3. The summed E-state index contributed by atoms with van der Waals surface area (Å²) in [6, 6.07) is 0. The van der Waals surface area contributed by atoms with Gasteiger partial charge in [-0.25, -0.2) is 0 Å². The fraction of sp³-hybridized carbons (Fsp3) is 0.769. The Labute approximate surface area is 118 Å². The smallest absolute Gasteiger partial charge is 0.306 e. The van der Waals surface area contributed by atoms with E-state index in [1.807, 2.05) is 0 Å². The lowest BCUT2D eigenvalue weighted by Crippen LogP contribution is -2.33. The van der Waals surface area contributed by atoms with E-state index in [0.717, 1.165) is 26.0 Å². The maximum absolute atomic E-state index is 11.3. The Balaban J connectivity index is 1.89. The number of ether oxygens (including phenoxy) is 2. The summed E-state index contributed by atoms with van der Waals surface area (Å²) in [5.74, 6) is 0.958. The van der Waals surface area contributed by atoms with E-state index >= 15 is 0 Å². The van der Waals surface area contributed by atoms with Crippen molar-refractivity contribution in [3.63, 3.8) is 0 Å². The largest absolute Gasteiger partial charge is 0.469 e. The van der Waals surface area contributed by atoms with Gasteiger partial charge in [-0.1, -0.05) is 5.16 Å². The van der Waals surface area contributed by atoms with Gasteiger partial charge in [0.05, 0.1) is 26.2 Å². The highest BCUT2D eigenvalue weighted by Crippen LogP contribution is 2.15. The Morgan fingerprint density at radius 2 is 2.40 bits per heavy atom. The topological polar surface area (TPSA) is 77.7 Å². The Bertz CT molecular complexity index is 429. The summed E-state index contributed by atoms with van der Waals surface area (Å²) >= 11 is 0. The molecule has 7 nitrogen and oxygen atoms in total. The predicted octanol–water partition coefficient (Wildman–Crippen LogP) is 0.922. The number of esters is 1. The summed E-state index contributed by atoms with van der Waals surface area (Å²) in [5, 5.41) is 3.78.